The SMILES string of the molecule is CCCC1CCCN(CC(=O)C(C)(C)C(=O)OCC)CC1. The Bertz CT molecular complexity index is 352. The molecule has 0 N–H and O–H groups in total. The summed E-state index contributed by atoms with van der Waals surface area (Å²) in [6.07, 6.45) is 6.11. The van der Waals surface area contributed by atoms with E-state index in [2.05, 4.69) is 11.8 Å². The fraction of sp³-hybridized carbons (Fsp3) is 0.882. The third kappa shape index (κ3) is 5.42. The average molecular weight is 297 g/mol. The molecular weight excluding hydrogens is 266 g/mol. The van der Waals surface area contributed by atoms with Crippen LogP contribution in [0.3, 0.4) is 0 Å². The molecule has 0 saturated carbocycles. The molecule has 0 radical (unpaired) electrons. The van der Waals surface area contributed by atoms with Gasteiger partial charge in [-0.1, -0.05) is 19.8 Å². The minimum Gasteiger partial charge on any atom is -0.465 e. The molecule has 0 aromatic rings. The highest BCUT2D eigenvalue weighted by Crippen LogP contribution is 2.24. The van der Waals surface area contributed by atoms with Crippen molar-refractivity contribution in [2.24, 2.45) is 11.3 Å². The van der Waals surface area contributed by atoms with Crippen LogP contribution >= 0.6 is 0 Å². The van der Waals surface area contributed by atoms with Gasteiger partial charge in [0.2, 0.25) is 0 Å². The molecule has 0 aromatic carbocycles. The molecule has 0 amide bonds. The van der Waals surface area contributed by atoms with Crippen LogP contribution in [0.5, 0.6) is 0 Å². The fourth-order valence-corrected chi connectivity index (χ4v) is 2.91. The second-order valence-electron chi connectivity index (χ2n) is 6.63. The smallest absolute Gasteiger partial charge is 0.319 e. The van der Waals surface area contributed by atoms with Crippen molar-refractivity contribution < 1.29 is 14.3 Å². The lowest BCUT2D eigenvalue weighted by atomic mass is 9.87. The standard InChI is InChI=1S/C17H31NO3/c1-5-8-14-9-7-11-18(12-10-14)13-15(19)17(3,4)16(20)21-6-2/h14H,5-13H2,1-4H3. The molecule has 1 atom stereocenters. The van der Waals surface area contributed by atoms with E-state index in [1.807, 2.05) is 0 Å². The van der Waals surface area contributed by atoms with Gasteiger partial charge in [-0.05, 0) is 59.0 Å². The monoisotopic (exact) mass is 297 g/mol. The Morgan fingerprint density at radius 3 is 2.52 bits per heavy atom. The minimum absolute atomic E-state index is 0.0325. The highest BCUT2D eigenvalue weighted by atomic mass is 16.5. The summed E-state index contributed by atoms with van der Waals surface area (Å²) in [5.74, 6) is 0.358. The number of ether oxygens (including phenoxy) is 1. The van der Waals surface area contributed by atoms with Crippen molar-refractivity contribution in [3.05, 3.63) is 0 Å². The van der Waals surface area contributed by atoms with E-state index in [9.17, 15) is 9.59 Å². The second-order valence-corrected chi connectivity index (χ2v) is 6.63. The number of carbonyl (C=O) groups is 2. The van der Waals surface area contributed by atoms with Crippen LogP contribution in [-0.4, -0.2) is 42.9 Å². The third-order valence-corrected chi connectivity index (χ3v) is 4.49. The highest BCUT2D eigenvalue weighted by molar-refractivity contribution is 6.03. The highest BCUT2D eigenvalue weighted by Gasteiger charge is 2.38. The van der Waals surface area contributed by atoms with Crippen molar-refractivity contribution in [3.63, 3.8) is 0 Å². The number of nitrogens with zero attached hydrogens (tertiary/aromatic N) is 1. The van der Waals surface area contributed by atoms with Crippen LogP contribution in [-0.2, 0) is 14.3 Å². The molecule has 1 rings (SSSR count). The minimum atomic E-state index is -1.04. The summed E-state index contributed by atoms with van der Waals surface area (Å²) in [6, 6.07) is 0. The predicted octanol–water partition coefficient (Wildman–Crippen LogP) is 3.05. The number of ketones is 1. The lowest BCUT2D eigenvalue weighted by Gasteiger charge is -2.26. The van der Waals surface area contributed by atoms with Crippen molar-refractivity contribution >= 4 is 11.8 Å². The second kappa shape index (κ2) is 8.52. The number of carbonyl (C=O) groups excluding carboxylic acids is 2. The van der Waals surface area contributed by atoms with E-state index in [-0.39, 0.29) is 5.78 Å². The van der Waals surface area contributed by atoms with E-state index >= 15 is 0 Å². The molecule has 4 nitrogen and oxygen atoms in total. The number of likely N-dealkylation sites (tertiary alicyclic amines) is 1. The zero-order valence-corrected chi connectivity index (χ0v) is 14.1. The molecule has 0 aliphatic carbocycles. The normalized spacial score (nSPS) is 20.9. The molecule has 21 heavy (non-hydrogen) atoms. The first-order valence-electron chi connectivity index (χ1n) is 8.34. The van der Waals surface area contributed by atoms with E-state index in [4.69, 9.17) is 4.74 Å². The molecule has 1 fully saturated rings. The molecule has 1 saturated heterocycles. The van der Waals surface area contributed by atoms with Crippen LogP contribution in [0.15, 0.2) is 0 Å². The van der Waals surface area contributed by atoms with Crippen molar-refractivity contribution in [2.45, 2.75) is 59.8 Å². The summed E-state index contributed by atoms with van der Waals surface area (Å²) in [7, 11) is 0. The van der Waals surface area contributed by atoms with E-state index in [1.165, 1.54) is 25.7 Å². The first-order chi connectivity index (χ1) is 9.91. The van der Waals surface area contributed by atoms with Gasteiger partial charge in [0.05, 0.1) is 13.2 Å². The fourth-order valence-electron chi connectivity index (χ4n) is 2.91. The van der Waals surface area contributed by atoms with Gasteiger partial charge in [0, 0.05) is 0 Å². The average Bonchev–Trinajstić information content (AvgIpc) is 2.65. The van der Waals surface area contributed by atoms with Gasteiger partial charge in [-0.3, -0.25) is 14.5 Å². The number of hydrogen-bond donors (Lipinski definition) is 0. The van der Waals surface area contributed by atoms with Gasteiger partial charge in [0.1, 0.15) is 5.41 Å². The Kier molecular flexibility index (Phi) is 7.36. The molecule has 122 valence electrons. The van der Waals surface area contributed by atoms with Gasteiger partial charge >= 0.3 is 5.97 Å². The van der Waals surface area contributed by atoms with Crippen LogP contribution in [0.25, 0.3) is 0 Å². The maximum Gasteiger partial charge on any atom is 0.319 e. The van der Waals surface area contributed by atoms with Crippen LogP contribution in [0.4, 0.5) is 0 Å². The Balaban J connectivity index is 2.52. The Hall–Kier alpha value is -0.900. The number of hydrogen-bond acceptors (Lipinski definition) is 4. The van der Waals surface area contributed by atoms with Crippen LogP contribution in [0, 0.1) is 11.3 Å². The zero-order chi connectivity index (χ0) is 15.9. The van der Waals surface area contributed by atoms with E-state index in [0.29, 0.717) is 13.2 Å². The molecule has 0 aromatic heterocycles. The van der Waals surface area contributed by atoms with Crippen LogP contribution < -0.4 is 0 Å². The summed E-state index contributed by atoms with van der Waals surface area (Å²) in [4.78, 5) is 26.5. The van der Waals surface area contributed by atoms with E-state index in [0.717, 1.165) is 25.4 Å². The molecule has 1 aliphatic heterocycles. The Morgan fingerprint density at radius 1 is 1.19 bits per heavy atom. The van der Waals surface area contributed by atoms with Crippen molar-refractivity contribution in [1.82, 2.24) is 4.90 Å². The van der Waals surface area contributed by atoms with Crippen molar-refractivity contribution in [2.75, 3.05) is 26.2 Å². The van der Waals surface area contributed by atoms with Crippen LogP contribution in [0.1, 0.15) is 59.8 Å². The molecule has 0 spiro atoms. The molecular formula is C17H31NO3. The zero-order valence-electron chi connectivity index (χ0n) is 14.1. The number of rotatable bonds is 7. The van der Waals surface area contributed by atoms with Gasteiger partial charge in [-0.2, -0.15) is 0 Å². The third-order valence-electron chi connectivity index (χ3n) is 4.49. The predicted molar refractivity (Wildman–Crippen MR) is 84.1 cm³/mol. The molecule has 4 heteroatoms. The summed E-state index contributed by atoms with van der Waals surface area (Å²) in [6.45, 7) is 9.95. The quantitative estimate of drug-likeness (QED) is 0.535. The van der Waals surface area contributed by atoms with Gasteiger partial charge in [0.15, 0.2) is 5.78 Å². The molecule has 1 heterocycles. The molecule has 1 unspecified atom stereocenters. The topological polar surface area (TPSA) is 46.6 Å². The van der Waals surface area contributed by atoms with E-state index < -0.39 is 11.4 Å². The first kappa shape index (κ1) is 18.1. The van der Waals surface area contributed by atoms with Gasteiger partial charge in [-0.25, -0.2) is 0 Å². The lowest BCUT2D eigenvalue weighted by molar-refractivity contribution is -0.158. The van der Waals surface area contributed by atoms with Gasteiger partial charge < -0.3 is 4.74 Å². The maximum absolute atomic E-state index is 12.4. The lowest BCUT2D eigenvalue weighted by Crippen LogP contribution is -2.42. The van der Waals surface area contributed by atoms with Gasteiger partial charge in [-0.15, -0.1) is 0 Å². The Morgan fingerprint density at radius 2 is 1.90 bits per heavy atom. The van der Waals surface area contributed by atoms with Crippen LogP contribution in [0.2, 0.25) is 0 Å². The Labute approximate surface area is 129 Å². The van der Waals surface area contributed by atoms with Crippen molar-refractivity contribution in [3.8, 4) is 0 Å². The number of Topliss-reactive ketones (excluding diaryl/α,β-unsaturated/α-hetero) is 1. The van der Waals surface area contributed by atoms with Gasteiger partial charge in [0.25, 0.3) is 0 Å². The summed E-state index contributed by atoms with van der Waals surface area (Å²) in [5.41, 5.74) is -1.04. The van der Waals surface area contributed by atoms with E-state index in [1.54, 1.807) is 20.8 Å². The molecule has 1 aliphatic rings. The summed E-state index contributed by atoms with van der Waals surface area (Å²) < 4.78 is 5.01. The maximum atomic E-state index is 12.4. The summed E-state index contributed by atoms with van der Waals surface area (Å²) in [5, 5.41) is 0. The number of esters is 1. The first-order valence-corrected chi connectivity index (χ1v) is 8.34. The largest absolute Gasteiger partial charge is 0.465 e. The molecule has 0 bridgehead atoms. The summed E-state index contributed by atoms with van der Waals surface area (Å²) >= 11 is 0. The van der Waals surface area contributed by atoms with Crippen molar-refractivity contribution in [1.29, 1.82) is 0 Å².